The van der Waals surface area contributed by atoms with E-state index in [0.29, 0.717) is 24.8 Å². The van der Waals surface area contributed by atoms with Crippen LogP contribution in [0.25, 0.3) is 0 Å². The average molecular weight is 683 g/mol. The van der Waals surface area contributed by atoms with Crippen molar-refractivity contribution in [3.63, 3.8) is 0 Å². The molecule has 8 nitrogen and oxygen atoms in total. The predicted molar refractivity (Wildman–Crippen MR) is 192 cm³/mol. The van der Waals surface area contributed by atoms with Gasteiger partial charge in [-0.05, 0) is 104 Å². The molecule has 5 rings (SSSR count). The summed E-state index contributed by atoms with van der Waals surface area (Å²) in [6.45, 7) is 13.0. The number of methoxy groups -OCH3 is 1. The first kappa shape index (κ1) is 38.0. The minimum atomic E-state index is -0.759. The van der Waals surface area contributed by atoms with Crippen molar-refractivity contribution in [3.05, 3.63) is 11.6 Å². The molecule has 0 spiro atoms. The van der Waals surface area contributed by atoms with Crippen LogP contribution in [-0.4, -0.2) is 67.9 Å². The van der Waals surface area contributed by atoms with Gasteiger partial charge in [-0.15, -0.1) is 0 Å². The third kappa shape index (κ3) is 8.47. The molecule has 9 atom stereocenters. The molecule has 1 heterocycles. The lowest BCUT2D eigenvalue weighted by Crippen LogP contribution is -2.51. The standard InChI is InChI=1S/C41H66N2O6/c1-27(2)11-10-12-28(3)33-16-17-34-31-15-14-29-23-30(18-20-40(29,4)35(31)19-21-41(33,34)5)49-39(47)42-22-9-7-8-13-38(46)43-24-32(36(44)25-43)37(45)26-48-6/h14,27-28,30-35H,7-13,15-26H2,1-6H3,(H,42,47)/t28?,30-,31?,32?,33+,34?,35?,40-,41+/m0/s1. The average Bonchev–Trinajstić information content (AvgIpc) is 3.62. The number of amides is 2. The van der Waals surface area contributed by atoms with Crippen LogP contribution in [-0.2, 0) is 23.9 Å². The number of likely N-dealkylation sites (tertiary alicyclic amines) is 1. The number of rotatable bonds is 15. The molecule has 0 aromatic rings. The Balaban J connectivity index is 1.02. The van der Waals surface area contributed by atoms with Crippen molar-refractivity contribution in [2.45, 2.75) is 137 Å². The number of hydrogen-bond acceptors (Lipinski definition) is 6. The summed E-state index contributed by atoms with van der Waals surface area (Å²) in [7, 11) is 1.42. The summed E-state index contributed by atoms with van der Waals surface area (Å²) in [5.41, 5.74) is 2.27. The summed E-state index contributed by atoms with van der Waals surface area (Å²) in [5, 5.41) is 2.93. The van der Waals surface area contributed by atoms with Crippen LogP contribution in [0.4, 0.5) is 4.79 Å². The van der Waals surface area contributed by atoms with E-state index in [9.17, 15) is 19.2 Å². The van der Waals surface area contributed by atoms with Crippen molar-refractivity contribution in [2.24, 2.45) is 52.3 Å². The van der Waals surface area contributed by atoms with E-state index in [1.165, 1.54) is 68.9 Å². The molecule has 1 saturated heterocycles. The van der Waals surface area contributed by atoms with E-state index in [-0.39, 0.29) is 54.8 Å². The van der Waals surface area contributed by atoms with Crippen LogP contribution >= 0.6 is 0 Å². The first-order valence-electron chi connectivity index (χ1n) is 19.8. The zero-order valence-electron chi connectivity index (χ0n) is 31.5. The second-order valence-corrected chi connectivity index (χ2v) is 17.5. The molecule has 8 heteroatoms. The fraction of sp³-hybridized carbons (Fsp3) is 0.854. The highest BCUT2D eigenvalue weighted by molar-refractivity contribution is 6.07. The normalized spacial score (nSPS) is 34.6. The van der Waals surface area contributed by atoms with Crippen LogP contribution < -0.4 is 5.32 Å². The van der Waals surface area contributed by atoms with E-state index in [0.717, 1.165) is 67.6 Å². The molecule has 2 amide bonds. The molecule has 3 saturated carbocycles. The van der Waals surface area contributed by atoms with Gasteiger partial charge in [0, 0.05) is 33.0 Å². The number of alkyl carbamates (subject to hydrolysis) is 1. The number of carbonyl (C=O) groups excluding carboxylic acids is 4. The quantitative estimate of drug-likeness (QED) is 0.107. The molecule has 0 bridgehead atoms. The van der Waals surface area contributed by atoms with Crippen LogP contribution in [0.5, 0.6) is 0 Å². The van der Waals surface area contributed by atoms with Gasteiger partial charge in [0.25, 0.3) is 0 Å². The van der Waals surface area contributed by atoms with Crippen LogP contribution in [0.3, 0.4) is 0 Å². The molecule has 5 aliphatic rings. The number of Topliss-reactive ketones (excluding diaryl/α,β-unsaturated/α-hetero) is 2. The van der Waals surface area contributed by atoms with Gasteiger partial charge < -0.3 is 19.7 Å². The van der Waals surface area contributed by atoms with Crippen LogP contribution in [0.1, 0.15) is 131 Å². The molecule has 1 aliphatic heterocycles. The highest BCUT2D eigenvalue weighted by atomic mass is 16.6. The fourth-order valence-electron chi connectivity index (χ4n) is 11.3. The van der Waals surface area contributed by atoms with E-state index < -0.39 is 5.92 Å². The van der Waals surface area contributed by atoms with Crippen molar-refractivity contribution < 1.29 is 28.7 Å². The minimum Gasteiger partial charge on any atom is -0.446 e. The highest BCUT2D eigenvalue weighted by Crippen LogP contribution is 2.67. The molecule has 4 aliphatic carbocycles. The zero-order chi connectivity index (χ0) is 35.3. The Morgan fingerprint density at radius 2 is 1.78 bits per heavy atom. The number of carbonyl (C=O) groups is 4. The number of allylic oxidation sites excluding steroid dienone is 1. The fourth-order valence-corrected chi connectivity index (χ4v) is 11.3. The predicted octanol–water partition coefficient (Wildman–Crippen LogP) is 7.93. The lowest BCUT2D eigenvalue weighted by Gasteiger charge is -2.58. The molecule has 49 heavy (non-hydrogen) atoms. The lowest BCUT2D eigenvalue weighted by molar-refractivity contribution is -0.132. The molecule has 0 aromatic carbocycles. The SMILES string of the molecule is COCC(=O)C1CN(C(=O)CCCCCNC(=O)O[C@H]2CC[C@@]3(C)C(=CCC4C3CC[C@@]3(C)C4CC[C@@H]3C(C)CCCC(C)C)C2)CC1=O. The zero-order valence-corrected chi connectivity index (χ0v) is 31.5. The Morgan fingerprint density at radius 3 is 2.53 bits per heavy atom. The molecule has 276 valence electrons. The maximum atomic E-state index is 12.7. The van der Waals surface area contributed by atoms with Gasteiger partial charge >= 0.3 is 6.09 Å². The van der Waals surface area contributed by atoms with Crippen LogP contribution in [0.15, 0.2) is 11.6 Å². The summed E-state index contributed by atoms with van der Waals surface area (Å²) in [6.07, 6.45) is 18.5. The van der Waals surface area contributed by atoms with Gasteiger partial charge in [-0.3, -0.25) is 14.4 Å². The number of fused-ring (bicyclic) bond motifs is 5. The lowest BCUT2D eigenvalue weighted by atomic mass is 9.47. The smallest absolute Gasteiger partial charge is 0.407 e. The highest BCUT2D eigenvalue weighted by Gasteiger charge is 2.59. The number of unbranched alkanes of at least 4 members (excludes halogenated alkanes) is 2. The molecule has 1 N–H and O–H groups in total. The Hall–Kier alpha value is -2.22. The topological polar surface area (TPSA) is 102 Å². The molecule has 0 radical (unpaired) electrons. The summed E-state index contributed by atoms with van der Waals surface area (Å²) in [6, 6.07) is 0. The van der Waals surface area contributed by atoms with Gasteiger partial charge in [-0.2, -0.15) is 0 Å². The molecule has 5 unspecified atom stereocenters. The van der Waals surface area contributed by atoms with Crippen molar-refractivity contribution in [2.75, 3.05) is 33.4 Å². The molecule has 0 aromatic heterocycles. The summed E-state index contributed by atoms with van der Waals surface area (Å²) in [5.74, 6) is 3.60. The van der Waals surface area contributed by atoms with Crippen molar-refractivity contribution in [1.29, 1.82) is 0 Å². The maximum Gasteiger partial charge on any atom is 0.407 e. The maximum absolute atomic E-state index is 12.7. The third-order valence-corrected chi connectivity index (χ3v) is 14.0. The van der Waals surface area contributed by atoms with Gasteiger partial charge in [0.2, 0.25) is 5.91 Å². The summed E-state index contributed by atoms with van der Waals surface area (Å²) >= 11 is 0. The Kier molecular flexibility index (Phi) is 12.7. The number of nitrogens with zero attached hydrogens (tertiary/aromatic N) is 1. The third-order valence-electron chi connectivity index (χ3n) is 14.0. The number of ether oxygens (including phenoxy) is 2. The van der Waals surface area contributed by atoms with E-state index in [1.54, 1.807) is 0 Å². The van der Waals surface area contributed by atoms with Gasteiger partial charge in [0.05, 0.1) is 12.5 Å². The Labute approximate surface area is 296 Å². The van der Waals surface area contributed by atoms with Crippen LogP contribution in [0.2, 0.25) is 0 Å². The second kappa shape index (κ2) is 16.4. The molecule has 4 fully saturated rings. The second-order valence-electron chi connectivity index (χ2n) is 17.5. The van der Waals surface area contributed by atoms with Gasteiger partial charge in [0.15, 0.2) is 11.6 Å². The van der Waals surface area contributed by atoms with Gasteiger partial charge in [-0.1, -0.05) is 72.0 Å². The van der Waals surface area contributed by atoms with Gasteiger partial charge in [0.1, 0.15) is 12.7 Å². The van der Waals surface area contributed by atoms with E-state index in [2.05, 4.69) is 46.0 Å². The van der Waals surface area contributed by atoms with Crippen molar-refractivity contribution >= 4 is 23.6 Å². The van der Waals surface area contributed by atoms with Gasteiger partial charge in [-0.25, -0.2) is 4.79 Å². The number of nitrogens with one attached hydrogen (secondary N) is 1. The summed E-state index contributed by atoms with van der Waals surface area (Å²) in [4.78, 5) is 51.0. The van der Waals surface area contributed by atoms with Crippen molar-refractivity contribution in [1.82, 2.24) is 10.2 Å². The minimum absolute atomic E-state index is 0.00328. The number of ketones is 2. The van der Waals surface area contributed by atoms with E-state index in [4.69, 9.17) is 9.47 Å². The van der Waals surface area contributed by atoms with Crippen LogP contribution in [0, 0.1) is 52.3 Å². The first-order chi connectivity index (χ1) is 23.4. The largest absolute Gasteiger partial charge is 0.446 e. The monoisotopic (exact) mass is 682 g/mol. The summed E-state index contributed by atoms with van der Waals surface area (Å²) < 4.78 is 10.8. The Bertz CT molecular complexity index is 1230. The Morgan fingerprint density at radius 1 is 0.980 bits per heavy atom. The number of hydrogen-bond donors (Lipinski definition) is 1. The first-order valence-corrected chi connectivity index (χ1v) is 19.8. The molecular weight excluding hydrogens is 616 g/mol. The van der Waals surface area contributed by atoms with E-state index >= 15 is 0 Å². The molecular formula is C41H66N2O6. The van der Waals surface area contributed by atoms with Crippen molar-refractivity contribution in [3.8, 4) is 0 Å². The van der Waals surface area contributed by atoms with E-state index in [1.807, 2.05) is 0 Å².